The molecule has 3 nitrogen and oxygen atoms in total. The van der Waals surface area contributed by atoms with Crippen LogP contribution < -0.4 is 5.32 Å². The van der Waals surface area contributed by atoms with Crippen molar-refractivity contribution in [1.29, 1.82) is 0 Å². The van der Waals surface area contributed by atoms with Gasteiger partial charge in [-0.25, -0.2) is 0 Å². The number of halogens is 2. The molecule has 1 aromatic rings. The lowest BCUT2D eigenvalue weighted by Gasteiger charge is -2.41. The molecule has 0 bridgehead atoms. The summed E-state index contributed by atoms with van der Waals surface area (Å²) in [4.78, 5) is 12.0. The van der Waals surface area contributed by atoms with E-state index in [1.165, 1.54) is 18.2 Å². The third-order valence-electron chi connectivity index (χ3n) is 3.15. The van der Waals surface area contributed by atoms with E-state index in [1.807, 2.05) is 0 Å². The molecule has 92 valence electrons. The van der Waals surface area contributed by atoms with Gasteiger partial charge in [-0.3, -0.25) is 4.79 Å². The van der Waals surface area contributed by atoms with Gasteiger partial charge in [0.05, 0.1) is 11.1 Å². The Hall–Kier alpha value is -0.930. The van der Waals surface area contributed by atoms with Crippen molar-refractivity contribution in [3.8, 4) is 5.75 Å². The second-order valence-corrected chi connectivity index (χ2v) is 5.09. The number of benzene rings is 1. The first-order chi connectivity index (χ1) is 8.06. The molecule has 0 heterocycles. The van der Waals surface area contributed by atoms with Crippen LogP contribution >= 0.6 is 23.2 Å². The molecular weight excluding hydrogens is 261 g/mol. The van der Waals surface area contributed by atoms with Crippen molar-refractivity contribution in [1.82, 2.24) is 5.32 Å². The van der Waals surface area contributed by atoms with Crippen LogP contribution in [0, 0.1) is 0 Å². The summed E-state index contributed by atoms with van der Waals surface area (Å²) in [5.74, 6) is -0.0126. The highest BCUT2D eigenvalue weighted by atomic mass is 35.5. The Morgan fingerprint density at radius 1 is 1.47 bits per heavy atom. The number of aromatic hydroxyl groups is 1. The maximum absolute atomic E-state index is 12.0. The van der Waals surface area contributed by atoms with Gasteiger partial charge in [0.15, 0.2) is 0 Å². The number of alkyl halides is 1. The predicted molar refractivity (Wildman–Crippen MR) is 67.9 cm³/mol. The van der Waals surface area contributed by atoms with Gasteiger partial charge < -0.3 is 10.4 Å². The van der Waals surface area contributed by atoms with Gasteiger partial charge in [0.25, 0.3) is 5.91 Å². The molecule has 2 rings (SSSR count). The lowest BCUT2D eigenvalue weighted by Crippen LogP contribution is -2.55. The molecule has 1 aromatic carbocycles. The molecule has 2 N–H and O–H groups in total. The average Bonchev–Trinajstić information content (AvgIpc) is 2.26. The molecule has 1 amide bonds. The molecule has 1 fully saturated rings. The first kappa shape index (κ1) is 12.5. The van der Waals surface area contributed by atoms with Crippen LogP contribution in [0.15, 0.2) is 18.2 Å². The Kier molecular flexibility index (Phi) is 3.50. The lowest BCUT2D eigenvalue weighted by atomic mass is 9.78. The topological polar surface area (TPSA) is 49.3 Å². The maximum Gasteiger partial charge on any atom is 0.255 e. The molecule has 17 heavy (non-hydrogen) atoms. The van der Waals surface area contributed by atoms with Gasteiger partial charge in [0.2, 0.25) is 0 Å². The summed E-state index contributed by atoms with van der Waals surface area (Å²) >= 11 is 11.7. The Balaban J connectivity index is 2.17. The molecule has 0 spiro atoms. The van der Waals surface area contributed by atoms with E-state index in [2.05, 4.69) is 5.32 Å². The molecule has 1 aliphatic rings. The quantitative estimate of drug-likeness (QED) is 0.832. The van der Waals surface area contributed by atoms with Crippen molar-refractivity contribution in [2.45, 2.75) is 24.8 Å². The fraction of sp³-hybridized carbons (Fsp3) is 0.417. The highest BCUT2D eigenvalue weighted by Crippen LogP contribution is 2.33. The maximum atomic E-state index is 12.0. The first-order valence-corrected chi connectivity index (χ1v) is 6.35. The monoisotopic (exact) mass is 273 g/mol. The fourth-order valence-corrected chi connectivity index (χ4v) is 2.40. The van der Waals surface area contributed by atoms with Crippen LogP contribution in [0.1, 0.15) is 29.6 Å². The number of phenolic OH excluding ortho intramolecular Hbond substituents is 1. The molecule has 0 aliphatic heterocycles. The van der Waals surface area contributed by atoms with E-state index in [9.17, 15) is 9.90 Å². The number of phenols is 1. The van der Waals surface area contributed by atoms with E-state index in [0.717, 1.165) is 19.3 Å². The van der Waals surface area contributed by atoms with E-state index in [1.54, 1.807) is 0 Å². The van der Waals surface area contributed by atoms with Crippen LogP contribution in [0.3, 0.4) is 0 Å². The number of hydrogen-bond acceptors (Lipinski definition) is 2. The molecule has 0 atom stereocenters. The minimum absolute atomic E-state index is 0.0732. The number of amides is 1. The number of hydrogen-bond donors (Lipinski definition) is 2. The van der Waals surface area contributed by atoms with Crippen LogP contribution in [0.2, 0.25) is 5.02 Å². The number of nitrogens with one attached hydrogen (secondary N) is 1. The molecule has 5 heteroatoms. The molecule has 1 saturated carbocycles. The van der Waals surface area contributed by atoms with Gasteiger partial charge in [0, 0.05) is 10.9 Å². The second-order valence-electron chi connectivity index (χ2n) is 4.38. The smallest absolute Gasteiger partial charge is 0.255 e. The highest BCUT2D eigenvalue weighted by molar-refractivity contribution is 6.31. The Labute approximate surface area is 110 Å². The van der Waals surface area contributed by atoms with Gasteiger partial charge in [-0.15, -0.1) is 11.6 Å². The van der Waals surface area contributed by atoms with Crippen molar-refractivity contribution in [3.05, 3.63) is 28.8 Å². The van der Waals surface area contributed by atoms with Gasteiger partial charge >= 0.3 is 0 Å². The van der Waals surface area contributed by atoms with Crippen LogP contribution in [-0.4, -0.2) is 22.4 Å². The third-order valence-corrected chi connectivity index (χ3v) is 3.90. The summed E-state index contributed by atoms with van der Waals surface area (Å²) in [5.41, 5.74) is -0.123. The number of rotatable bonds is 3. The molecule has 0 radical (unpaired) electrons. The largest absolute Gasteiger partial charge is 0.507 e. The van der Waals surface area contributed by atoms with Crippen LogP contribution in [0.25, 0.3) is 0 Å². The van der Waals surface area contributed by atoms with Crippen molar-refractivity contribution in [2.75, 3.05) is 5.88 Å². The Bertz CT molecular complexity index is 439. The van der Waals surface area contributed by atoms with E-state index in [-0.39, 0.29) is 22.8 Å². The van der Waals surface area contributed by atoms with Gasteiger partial charge in [-0.05, 0) is 37.5 Å². The van der Waals surface area contributed by atoms with E-state index in [4.69, 9.17) is 23.2 Å². The van der Waals surface area contributed by atoms with Crippen molar-refractivity contribution in [3.63, 3.8) is 0 Å². The summed E-state index contributed by atoms with van der Waals surface area (Å²) < 4.78 is 0. The molecular formula is C12H13Cl2NO2. The van der Waals surface area contributed by atoms with Crippen molar-refractivity contribution < 1.29 is 9.90 Å². The molecule has 1 aliphatic carbocycles. The highest BCUT2D eigenvalue weighted by Gasteiger charge is 2.38. The summed E-state index contributed by atoms with van der Waals surface area (Å²) in [6.45, 7) is 0. The number of carbonyl (C=O) groups is 1. The summed E-state index contributed by atoms with van der Waals surface area (Å²) in [6, 6.07) is 4.40. The minimum Gasteiger partial charge on any atom is -0.507 e. The molecule has 0 saturated heterocycles. The van der Waals surface area contributed by atoms with Gasteiger partial charge in [-0.2, -0.15) is 0 Å². The minimum atomic E-state index is -0.328. The average molecular weight is 274 g/mol. The van der Waals surface area contributed by atoms with E-state index >= 15 is 0 Å². The lowest BCUT2D eigenvalue weighted by molar-refractivity contribution is 0.0851. The zero-order valence-corrected chi connectivity index (χ0v) is 10.7. The standard InChI is InChI=1S/C12H13Cl2NO2/c13-7-12(4-1-5-12)15-11(17)9-6-8(14)2-3-10(9)16/h2-3,6,16H,1,4-5,7H2,(H,15,17). The third kappa shape index (κ3) is 2.50. The number of carbonyl (C=O) groups excluding carboxylic acids is 1. The zero-order valence-electron chi connectivity index (χ0n) is 9.17. The zero-order chi connectivity index (χ0) is 12.5. The van der Waals surface area contributed by atoms with Crippen LogP contribution in [0.5, 0.6) is 5.75 Å². The van der Waals surface area contributed by atoms with Gasteiger partial charge in [-0.1, -0.05) is 11.6 Å². The van der Waals surface area contributed by atoms with E-state index < -0.39 is 0 Å². The van der Waals surface area contributed by atoms with Crippen molar-refractivity contribution in [2.24, 2.45) is 0 Å². The Morgan fingerprint density at radius 2 is 2.18 bits per heavy atom. The Morgan fingerprint density at radius 3 is 2.71 bits per heavy atom. The van der Waals surface area contributed by atoms with Crippen LogP contribution in [-0.2, 0) is 0 Å². The summed E-state index contributed by atoms with van der Waals surface area (Å²) in [6.07, 6.45) is 2.82. The first-order valence-electron chi connectivity index (χ1n) is 5.43. The van der Waals surface area contributed by atoms with Crippen LogP contribution in [0.4, 0.5) is 0 Å². The summed E-state index contributed by atoms with van der Waals surface area (Å²) in [5, 5.41) is 12.9. The SMILES string of the molecule is O=C(NC1(CCl)CCC1)c1cc(Cl)ccc1O. The second kappa shape index (κ2) is 4.75. The summed E-state index contributed by atoms with van der Waals surface area (Å²) in [7, 11) is 0. The van der Waals surface area contributed by atoms with E-state index in [0.29, 0.717) is 10.9 Å². The predicted octanol–water partition coefficient (Wildman–Crippen LogP) is 2.94. The van der Waals surface area contributed by atoms with Gasteiger partial charge in [0.1, 0.15) is 5.75 Å². The van der Waals surface area contributed by atoms with Crippen molar-refractivity contribution >= 4 is 29.1 Å². The normalized spacial score (nSPS) is 17.3. The molecule has 0 unspecified atom stereocenters. The fourth-order valence-electron chi connectivity index (χ4n) is 1.89. The molecule has 0 aromatic heterocycles.